The lowest BCUT2D eigenvalue weighted by molar-refractivity contribution is -0.159. The number of hydrogen-bond acceptors (Lipinski definition) is 4. The highest BCUT2D eigenvalue weighted by Gasteiger charge is 2.25. The van der Waals surface area contributed by atoms with Crippen LogP contribution >= 0.6 is 11.6 Å². The fourth-order valence-electron chi connectivity index (χ4n) is 3.36. The molecule has 1 unspecified atom stereocenters. The Balaban J connectivity index is 1.64. The molecule has 0 aliphatic rings. The second kappa shape index (κ2) is 10.8. The number of hydrogen-bond donors (Lipinski definition) is 1. The van der Waals surface area contributed by atoms with E-state index in [2.05, 4.69) is 0 Å². The Kier molecular flexibility index (Phi) is 7.82. The molecule has 0 bridgehead atoms. The van der Waals surface area contributed by atoms with Gasteiger partial charge in [0.2, 0.25) is 0 Å². The van der Waals surface area contributed by atoms with Gasteiger partial charge in [0.1, 0.15) is 0 Å². The average molecular weight is 438 g/mol. The zero-order valence-electron chi connectivity index (χ0n) is 17.1. The van der Waals surface area contributed by atoms with Gasteiger partial charge in [0.05, 0.1) is 6.04 Å². The molecule has 0 radical (unpaired) electrons. The molecule has 3 rings (SSSR count). The quantitative estimate of drug-likeness (QED) is 0.540. The van der Waals surface area contributed by atoms with E-state index in [1.165, 1.54) is 0 Å². The van der Waals surface area contributed by atoms with Gasteiger partial charge >= 0.3 is 5.97 Å². The molecule has 0 saturated carbocycles. The fraction of sp³-hybridized carbons (Fsp3) is 0.200. The molecule has 160 valence electrons. The molecule has 0 heterocycles. The average Bonchev–Trinajstić information content (AvgIpc) is 2.78. The lowest BCUT2D eigenvalue weighted by Crippen LogP contribution is -2.36. The summed E-state index contributed by atoms with van der Waals surface area (Å²) in [6.45, 7) is -0.460. The molecule has 3 aromatic carbocycles. The third-order valence-electron chi connectivity index (χ3n) is 4.94. The monoisotopic (exact) mass is 437 g/mol. The van der Waals surface area contributed by atoms with E-state index in [1.54, 1.807) is 36.2 Å². The largest absolute Gasteiger partial charge is 0.454 e. The van der Waals surface area contributed by atoms with Gasteiger partial charge in [-0.1, -0.05) is 84.4 Å². The van der Waals surface area contributed by atoms with Crippen LogP contribution in [0.4, 0.5) is 0 Å². The molecule has 0 spiro atoms. The van der Waals surface area contributed by atoms with Crippen molar-refractivity contribution in [3.05, 3.63) is 107 Å². The second-order valence-electron chi connectivity index (χ2n) is 7.19. The van der Waals surface area contributed by atoms with E-state index in [4.69, 9.17) is 16.3 Å². The van der Waals surface area contributed by atoms with Crippen LogP contribution in [0.25, 0.3) is 0 Å². The van der Waals surface area contributed by atoms with Crippen LogP contribution in [0, 0.1) is 0 Å². The molecule has 1 N–H and O–H groups in total. The molecule has 31 heavy (non-hydrogen) atoms. The van der Waals surface area contributed by atoms with E-state index in [1.807, 2.05) is 60.7 Å². The van der Waals surface area contributed by atoms with E-state index in [0.29, 0.717) is 10.6 Å². The molecular weight excluding hydrogens is 414 g/mol. The third-order valence-corrected chi connectivity index (χ3v) is 5.17. The number of ether oxygens (including phenoxy) is 1. The standard InChI is InChI=1S/C25H24ClNO4/c1-27(24(19-10-4-2-5-11-19)20-12-6-3-7-13-20)23(29)17-31-25(30)22(28)16-18-9-8-14-21(26)15-18/h2-15,22,24,28H,16-17H2,1H3. The van der Waals surface area contributed by atoms with Crippen LogP contribution in [0.15, 0.2) is 84.9 Å². The smallest absolute Gasteiger partial charge is 0.335 e. The number of carbonyl (C=O) groups is 2. The van der Waals surface area contributed by atoms with Crippen molar-refractivity contribution in [3.63, 3.8) is 0 Å². The van der Waals surface area contributed by atoms with Crippen LogP contribution in [0.5, 0.6) is 0 Å². The van der Waals surface area contributed by atoms with Crippen molar-refractivity contribution in [1.29, 1.82) is 0 Å². The van der Waals surface area contributed by atoms with Gasteiger partial charge in [0.25, 0.3) is 5.91 Å². The highest BCUT2D eigenvalue weighted by atomic mass is 35.5. The Morgan fingerprint density at radius 2 is 1.52 bits per heavy atom. The molecule has 0 aromatic heterocycles. The van der Waals surface area contributed by atoms with Crippen LogP contribution in [-0.4, -0.2) is 41.6 Å². The number of benzene rings is 3. The zero-order chi connectivity index (χ0) is 22.2. The van der Waals surface area contributed by atoms with Gasteiger partial charge < -0.3 is 14.7 Å². The Hall–Kier alpha value is -3.15. The van der Waals surface area contributed by atoms with Gasteiger partial charge in [-0.05, 0) is 28.8 Å². The minimum absolute atomic E-state index is 0.0556. The maximum Gasteiger partial charge on any atom is 0.335 e. The highest BCUT2D eigenvalue weighted by Crippen LogP contribution is 2.27. The number of aliphatic hydroxyl groups is 1. The molecule has 6 heteroatoms. The van der Waals surface area contributed by atoms with Gasteiger partial charge in [-0.15, -0.1) is 0 Å². The van der Waals surface area contributed by atoms with Crippen molar-refractivity contribution in [1.82, 2.24) is 4.90 Å². The van der Waals surface area contributed by atoms with E-state index < -0.39 is 18.7 Å². The van der Waals surface area contributed by atoms with Crippen LogP contribution in [0.3, 0.4) is 0 Å². The van der Waals surface area contributed by atoms with Crippen LogP contribution < -0.4 is 0 Å². The van der Waals surface area contributed by atoms with Gasteiger partial charge in [0.15, 0.2) is 12.7 Å². The van der Waals surface area contributed by atoms with Crippen molar-refractivity contribution in [2.45, 2.75) is 18.6 Å². The summed E-state index contributed by atoms with van der Waals surface area (Å²) in [4.78, 5) is 26.5. The lowest BCUT2D eigenvalue weighted by atomic mass is 9.97. The van der Waals surface area contributed by atoms with E-state index in [9.17, 15) is 14.7 Å². The number of rotatable bonds is 8. The van der Waals surface area contributed by atoms with Crippen molar-refractivity contribution >= 4 is 23.5 Å². The number of carbonyl (C=O) groups excluding carboxylic acids is 2. The molecule has 0 aliphatic carbocycles. The zero-order valence-corrected chi connectivity index (χ0v) is 17.9. The van der Waals surface area contributed by atoms with Gasteiger partial charge in [-0.2, -0.15) is 0 Å². The summed E-state index contributed by atoms with van der Waals surface area (Å²) in [6.07, 6.45) is -1.32. The minimum atomic E-state index is -1.38. The number of halogens is 1. The summed E-state index contributed by atoms with van der Waals surface area (Å²) in [7, 11) is 1.67. The van der Waals surface area contributed by atoms with Crippen molar-refractivity contribution in [2.75, 3.05) is 13.7 Å². The van der Waals surface area contributed by atoms with Crippen LogP contribution in [0.1, 0.15) is 22.7 Å². The fourth-order valence-corrected chi connectivity index (χ4v) is 3.57. The summed E-state index contributed by atoms with van der Waals surface area (Å²) in [6, 6.07) is 25.8. The molecule has 3 aromatic rings. The number of amides is 1. The summed E-state index contributed by atoms with van der Waals surface area (Å²) >= 11 is 5.93. The topological polar surface area (TPSA) is 66.8 Å². The van der Waals surface area contributed by atoms with E-state index >= 15 is 0 Å². The number of esters is 1. The van der Waals surface area contributed by atoms with Gasteiger partial charge in [0, 0.05) is 18.5 Å². The maximum atomic E-state index is 12.8. The maximum absolute atomic E-state index is 12.8. The first-order valence-corrected chi connectivity index (χ1v) is 10.3. The first-order valence-electron chi connectivity index (χ1n) is 9.90. The molecule has 1 atom stereocenters. The Labute approximate surface area is 186 Å². The summed E-state index contributed by atoms with van der Waals surface area (Å²) in [5, 5.41) is 10.7. The molecule has 0 aliphatic heterocycles. The predicted octanol–water partition coefficient (Wildman–Crippen LogP) is 4.03. The highest BCUT2D eigenvalue weighted by molar-refractivity contribution is 6.30. The van der Waals surface area contributed by atoms with Gasteiger partial charge in [-0.25, -0.2) is 4.79 Å². The predicted molar refractivity (Wildman–Crippen MR) is 120 cm³/mol. The lowest BCUT2D eigenvalue weighted by Gasteiger charge is -2.29. The van der Waals surface area contributed by atoms with E-state index in [0.717, 1.165) is 11.1 Å². The van der Waals surface area contributed by atoms with Crippen molar-refractivity contribution in [3.8, 4) is 0 Å². The third kappa shape index (κ3) is 6.17. The van der Waals surface area contributed by atoms with Gasteiger partial charge in [-0.3, -0.25) is 4.79 Å². The van der Waals surface area contributed by atoms with Crippen molar-refractivity contribution < 1.29 is 19.4 Å². The Morgan fingerprint density at radius 1 is 0.935 bits per heavy atom. The summed E-state index contributed by atoms with van der Waals surface area (Å²) in [5.41, 5.74) is 2.59. The number of nitrogens with zero attached hydrogens (tertiary/aromatic N) is 1. The van der Waals surface area contributed by atoms with Crippen LogP contribution in [-0.2, 0) is 20.7 Å². The first-order chi connectivity index (χ1) is 15.0. The Bertz CT molecular complexity index is 971. The summed E-state index contributed by atoms with van der Waals surface area (Å²) in [5.74, 6) is -1.22. The van der Waals surface area contributed by atoms with Crippen molar-refractivity contribution in [2.24, 2.45) is 0 Å². The second-order valence-corrected chi connectivity index (χ2v) is 7.62. The summed E-state index contributed by atoms with van der Waals surface area (Å²) < 4.78 is 5.10. The molecule has 5 nitrogen and oxygen atoms in total. The number of likely N-dealkylation sites (N-methyl/N-ethyl adjacent to an activating group) is 1. The SMILES string of the molecule is CN(C(=O)COC(=O)C(O)Cc1cccc(Cl)c1)C(c1ccccc1)c1ccccc1. The molecule has 1 amide bonds. The Morgan fingerprint density at radius 3 is 2.06 bits per heavy atom. The molecule has 0 fully saturated rings. The minimum Gasteiger partial charge on any atom is -0.454 e. The first kappa shape index (κ1) is 22.5. The van der Waals surface area contributed by atoms with E-state index in [-0.39, 0.29) is 18.4 Å². The number of aliphatic hydroxyl groups excluding tert-OH is 1. The molecule has 0 saturated heterocycles. The molecular formula is C25H24ClNO4. The van der Waals surface area contributed by atoms with Crippen LogP contribution in [0.2, 0.25) is 5.02 Å². The normalized spacial score (nSPS) is 11.7.